The average molecular weight is 765 g/mol. The molecule has 0 saturated carbocycles. The predicted molar refractivity (Wildman–Crippen MR) is 235 cm³/mol. The number of hydrogen-bond donors (Lipinski definition) is 5. The minimum atomic E-state index is -0.347. The van der Waals surface area contributed by atoms with Crippen molar-refractivity contribution in [3.05, 3.63) is 109 Å². The first-order valence-electron chi connectivity index (χ1n) is 20.3. The van der Waals surface area contributed by atoms with E-state index in [9.17, 15) is 25.5 Å². The van der Waals surface area contributed by atoms with Crippen LogP contribution in [-0.4, -0.2) is 25.5 Å². The number of rotatable bonds is 6. The fraction of sp³-hybridized carbons (Fsp3) is 0.529. The predicted octanol–water partition coefficient (Wildman–Crippen LogP) is 12.8. The SMILES string of the molecule is CC(C)(C)c1cc(Cc2cc(Cc3cc(C(C)(C)C)c(O)c(C(C)(C)C)c3)c(O)c(Cc3cc(C(C)(C)C)c(O)c(C(C)(C)C)c3)c2O)cc(C(C)(C)C)c1O. The molecule has 56 heavy (non-hydrogen) atoms. The van der Waals surface area contributed by atoms with E-state index >= 15 is 0 Å². The summed E-state index contributed by atoms with van der Waals surface area (Å²) in [6.07, 6.45) is 1.01. The van der Waals surface area contributed by atoms with E-state index < -0.39 is 0 Å². The van der Waals surface area contributed by atoms with Gasteiger partial charge in [-0.25, -0.2) is 0 Å². The van der Waals surface area contributed by atoms with Gasteiger partial charge in [-0.05, 0) is 99.8 Å². The number of phenols is 5. The molecule has 0 aliphatic carbocycles. The molecule has 0 saturated heterocycles. The zero-order valence-electron chi connectivity index (χ0n) is 37.9. The van der Waals surface area contributed by atoms with Crippen LogP contribution in [0.3, 0.4) is 0 Å². The van der Waals surface area contributed by atoms with Gasteiger partial charge in [0.25, 0.3) is 0 Å². The van der Waals surface area contributed by atoms with Crippen LogP contribution in [-0.2, 0) is 51.8 Å². The van der Waals surface area contributed by atoms with Gasteiger partial charge in [0, 0.05) is 24.8 Å². The van der Waals surface area contributed by atoms with Gasteiger partial charge in [-0.15, -0.1) is 0 Å². The van der Waals surface area contributed by atoms with Crippen molar-refractivity contribution in [1.82, 2.24) is 0 Å². The number of hydrogen-bond acceptors (Lipinski definition) is 5. The molecule has 4 aromatic rings. The van der Waals surface area contributed by atoms with Gasteiger partial charge in [0.05, 0.1) is 0 Å². The monoisotopic (exact) mass is 765 g/mol. The van der Waals surface area contributed by atoms with Crippen LogP contribution in [0.4, 0.5) is 0 Å². The Hall–Kier alpha value is -4.12. The van der Waals surface area contributed by atoms with Gasteiger partial charge in [0.1, 0.15) is 28.7 Å². The average Bonchev–Trinajstić information content (AvgIpc) is 3.00. The first-order valence-corrected chi connectivity index (χ1v) is 20.3. The van der Waals surface area contributed by atoms with Crippen molar-refractivity contribution >= 4 is 0 Å². The van der Waals surface area contributed by atoms with Crippen LogP contribution in [0, 0.1) is 0 Å². The molecule has 4 aromatic carbocycles. The van der Waals surface area contributed by atoms with Crippen molar-refractivity contribution in [1.29, 1.82) is 0 Å². The molecule has 0 aliphatic heterocycles. The van der Waals surface area contributed by atoms with Crippen molar-refractivity contribution in [2.75, 3.05) is 0 Å². The normalized spacial score (nSPS) is 13.4. The Morgan fingerprint density at radius 1 is 0.286 bits per heavy atom. The summed E-state index contributed by atoms with van der Waals surface area (Å²) in [5.74, 6) is 0.961. The molecule has 5 nitrogen and oxygen atoms in total. The molecule has 0 fully saturated rings. The Balaban J connectivity index is 2.05. The maximum absolute atomic E-state index is 12.3. The van der Waals surface area contributed by atoms with Gasteiger partial charge in [0.2, 0.25) is 0 Å². The highest BCUT2D eigenvalue weighted by atomic mass is 16.3. The fourth-order valence-electron chi connectivity index (χ4n) is 7.75. The minimum absolute atomic E-state index is 0.0353. The van der Waals surface area contributed by atoms with Crippen LogP contribution in [0.25, 0.3) is 0 Å². The molecule has 0 bridgehead atoms. The van der Waals surface area contributed by atoms with Crippen molar-refractivity contribution in [2.24, 2.45) is 0 Å². The molecule has 0 heterocycles. The third kappa shape index (κ3) is 9.52. The van der Waals surface area contributed by atoms with Crippen LogP contribution in [0.1, 0.15) is 191 Å². The molecular formula is C51H72O5. The van der Waals surface area contributed by atoms with Gasteiger partial charge < -0.3 is 25.5 Å². The topological polar surface area (TPSA) is 101 Å². The lowest BCUT2D eigenvalue weighted by molar-refractivity contribution is 0.422. The van der Waals surface area contributed by atoms with Gasteiger partial charge in [0.15, 0.2) is 0 Å². The maximum atomic E-state index is 12.3. The molecule has 306 valence electrons. The molecule has 0 aliphatic rings. The second-order valence-electron chi connectivity index (χ2n) is 22.5. The molecule has 0 spiro atoms. The van der Waals surface area contributed by atoms with Gasteiger partial charge in [-0.1, -0.05) is 161 Å². The quantitative estimate of drug-likeness (QED) is 0.135. The van der Waals surface area contributed by atoms with E-state index in [1.807, 2.05) is 42.5 Å². The van der Waals surface area contributed by atoms with E-state index in [0.717, 1.165) is 50.1 Å². The molecule has 0 amide bonds. The number of benzene rings is 4. The second kappa shape index (κ2) is 14.7. The molecule has 4 rings (SSSR count). The Labute approximate surface area is 338 Å². The van der Waals surface area contributed by atoms with Crippen LogP contribution < -0.4 is 0 Å². The summed E-state index contributed by atoms with van der Waals surface area (Å²) in [6, 6.07) is 14.1. The van der Waals surface area contributed by atoms with E-state index in [1.165, 1.54) is 0 Å². The molecule has 5 heteroatoms. The van der Waals surface area contributed by atoms with Crippen molar-refractivity contribution in [2.45, 2.75) is 176 Å². The molecule has 0 atom stereocenters. The summed E-state index contributed by atoms with van der Waals surface area (Å²) >= 11 is 0. The third-order valence-electron chi connectivity index (χ3n) is 11.1. The van der Waals surface area contributed by atoms with Crippen molar-refractivity contribution in [3.8, 4) is 28.7 Å². The summed E-state index contributed by atoms with van der Waals surface area (Å²) in [7, 11) is 0. The lowest BCUT2D eigenvalue weighted by atomic mass is 9.77. The molecule has 0 aromatic heterocycles. The lowest BCUT2D eigenvalue weighted by Gasteiger charge is -2.29. The summed E-state index contributed by atoms with van der Waals surface area (Å²) < 4.78 is 0. The first-order chi connectivity index (χ1) is 25.1. The zero-order valence-corrected chi connectivity index (χ0v) is 37.9. The highest BCUT2D eigenvalue weighted by Crippen LogP contribution is 2.46. The molecular weight excluding hydrogens is 693 g/mol. The van der Waals surface area contributed by atoms with E-state index in [0.29, 0.717) is 41.0 Å². The van der Waals surface area contributed by atoms with Gasteiger partial charge >= 0.3 is 0 Å². The third-order valence-corrected chi connectivity index (χ3v) is 11.1. The summed E-state index contributed by atoms with van der Waals surface area (Å²) in [5.41, 5.74) is 7.62. The van der Waals surface area contributed by atoms with E-state index in [-0.39, 0.29) is 56.2 Å². The van der Waals surface area contributed by atoms with Crippen LogP contribution in [0.2, 0.25) is 0 Å². The van der Waals surface area contributed by atoms with E-state index in [4.69, 9.17) is 0 Å². The largest absolute Gasteiger partial charge is 0.507 e. The zero-order chi connectivity index (χ0) is 42.9. The second-order valence-corrected chi connectivity index (χ2v) is 22.5. The summed E-state index contributed by atoms with van der Waals surface area (Å²) in [4.78, 5) is 0. The minimum Gasteiger partial charge on any atom is -0.507 e. The molecule has 0 radical (unpaired) electrons. The standard InChI is InChI=1S/C51H72O5/c1-46(2,3)35-22-29(23-36(43(35)54)47(4,5)6)19-32-28-33(20-30-24-37(48(7,8)9)44(55)38(25-30)49(10,11)12)42(53)34(41(32)52)21-31-26-39(50(13,14)15)45(56)40(27-31)51(16,17)18/h22-28,52-56H,19-21H2,1-18H3. The van der Waals surface area contributed by atoms with Gasteiger partial charge in [-0.3, -0.25) is 0 Å². The van der Waals surface area contributed by atoms with Crippen LogP contribution >= 0.6 is 0 Å². The number of aromatic hydroxyl groups is 5. The Morgan fingerprint density at radius 3 is 0.679 bits per heavy atom. The van der Waals surface area contributed by atoms with Crippen molar-refractivity contribution < 1.29 is 25.5 Å². The van der Waals surface area contributed by atoms with E-state index in [2.05, 4.69) is 125 Å². The summed E-state index contributed by atoms with van der Waals surface area (Å²) in [6.45, 7) is 37.6. The van der Waals surface area contributed by atoms with Gasteiger partial charge in [-0.2, -0.15) is 0 Å². The molecule has 0 unspecified atom stereocenters. The van der Waals surface area contributed by atoms with E-state index in [1.54, 1.807) is 0 Å². The van der Waals surface area contributed by atoms with Crippen LogP contribution in [0.5, 0.6) is 28.7 Å². The Morgan fingerprint density at radius 2 is 0.482 bits per heavy atom. The Kier molecular flexibility index (Phi) is 11.7. The van der Waals surface area contributed by atoms with Crippen LogP contribution in [0.15, 0.2) is 42.5 Å². The Bertz CT molecular complexity index is 1890. The highest BCUT2D eigenvalue weighted by Gasteiger charge is 2.31. The maximum Gasteiger partial charge on any atom is 0.126 e. The van der Waals surface area contributed by atoms with Crippen molar-refractivity contribution in [3.63, 3.8) is 0 Å². The lowest BCUT2D eigenvalue weighted by Crippen LogP contribution is -2.18. The number of phenolic OH excluding ortho intramolecular Hbond substituents is 5. The highest BCUT2D eigenvalue weighted by molar-refractivity contribution is 5.60. The fourth-order valence-corrected chi connectivity index (χ4v) is 7.75. The smallest absolute Gasteiger partial charge is 0.126 e. The molecule has 5 N–H and O–H groups in total. The first kappa shape index (κ1) is 44.6. The summed E-state index contributed by atoms with van der Waals surface area (Å²) in [5, 5.41) is 59.0.